The van der Waals surface area contributed by atoms with Gasteiger partial charge in [0.2, 0.25) is 11.8 Å². The molecule has 1 saturated heterocycles. The Bertz CT molecular complexity index is 958. The maximum atomic E-state index is 14.3. The Morgan fingerprint density at radius 2 is 2.11 bits per heavy atom. The van der Waals surface area contributed by atoms with Crippen LogP contribution in [-0.2, 0) is 20.9 Å². The number of halogens is 2. The molecule has 2 aromatic rings. The first-order valence-electron chi connectivity index (χ1n) is 7.79. The second-order valence-corrected chi connectivity index (χ2v) is 5.91. The summed E-state index contributed by atoms with van der Waals surface area (Å²) in [7, 11) is 0. The number of rotatable bonds is 4. The molecule has 0 radical (unpaired) electrons. The Kier molecular flexibility index (Phi) is 5.79. The van der Waals surface area contributed by atoms with Crippen molar-refractivity contribution in [3.05, 3.63) is 29.3 Å². The summed E-state index contributed by atoms with van der Waals surface area (Å²) in [5.41, 5.74) is -0.0762. The first kappa shape index (κ1) is 20.3. The van der Waals surface area contributed by atoms with Crippen molar-refractivity contribution in [2.24, 2.45) is 0 Å². The number of fused-ring (bicyclic) bond motifs is 1. The van der Waals surface area contributed by atoms with Crippen molar-refractivity contribution in [2.75, 3.05) is 0 Å². The number of nitrogens with one attached hydrogen (secondary N) is 2. The van der Waals surface area contributed by atoms with Crippen molar-refractivity contribution < 1.29 is 28.7 Å². The lowest BCUT2D eigenvalue weighted by Crippen LogP contribution is -2.52. The van der Waals surface area contributed by atoms with Gasteiger partial charge < -0.3 is 15.0 Å². The summed E-state index contributed by atoms with van der Waals surface area (Å²) < 4.78 is 15.7. The Morgan fingerprint density at radius 1 is 1.41 bits per heavy atom. The number of benzene rings is 1. The molecule has 1 aliphatic rings. The Labute approximate surface area is 158 Å². The lowest BCUT2D eigenvalue weighted by atomic mass is 10.0. The number of nitrogens with zero attached hydrogens (tertiary/aromatic N) is 2. The van der Waals surface area contributed by atoms with Crippen molar-refractivity contribution in [3.8, 4) is 0 Å². The third-order valence-corrected chi connectivity index (χ3v) is 4.13. The van der Waals surface area contributed by atoms with Crippen LogP contribution in [-0.4, -0.2) is 44.4 Å². The van der Waals surface area contributed by atoms with Crippen LogP contribution in [0.5, 0.6) is 0 Å². The minimum absolute atomic E-state index is 0. The summed E-state index contributed by atoms with van der Waals surface area (Å²) in [5, 5.41) is 13.5. The summed E-state index contributed by atoms with van der Waals surface area (Å²) in [6.45, 7) is 1.16. The molecular formula is C16H16ClFN4O5. The lowest BCUT2D eigenvalue weighted by Gasteiger charge is -2.21. The molecule has 2 heterocycles. The quantitative estimate of drug-likeness (QED) is 0.644. The number of imide groups is 1. The fraction of sp³-hybridized carbons (Fsp3) is 0.312. The monoisotopic (exact) mass is 398 g/mol. The van der Waals surface area contributed by atoms with Crippen LogP contribution < -0.4 is 10.6 Å². The largest absolute Gasteiger partial charge is 0.480 e. The minimum Gasteiger partial charge on any atom is -0.480 e. The van der Waals surface area contributed by atoms with Crippen LogP contribution >= 0.6 is 12.4 Å². The van der Waals surface area contributed by atoms with Crippen LogP contribution in [0.2, 0.25) is 0 Å². The molecule has 11 heteroatoms. The third kappa shape index (κ3) is 3.90. The first-order valence-corrected chi connectivity index (χ1v) is 7.79. The SMILES string of the molecule is Cc1nc2c(C(=O)NC3CCC(=O)NC3=O)c(F)ccc2n1CC(=O)O.Cl. The van der Waals surface area contributed by atoms with Gasteiger partial charge in [0.05, 0.1) is 5.52 Å². The molecule has 1 unspecified atom stereocenters. The highest BCUT2D eigenvalue weighted by atomic mass is 35.5. The molecule has 0 saturated carbocycles. The lowest BCUT2D eigenvalue weighted by molar-refractivity contribution is -0.138. The molecule has 1 atom stereocenters. The van der Waals surface area contributed by atoms with Crippen molar-refractivity contribution in [2.45, 2.75) is 32.4 Å². The van der Waals surface area contributed by atoms with E-state index in [1.165, 1.54) is 10.6 Å². The second-order valence-electron chi connectivity index (χ2n) is 5.91. The van der Waals surface area contributed by atoms with Gasteiger partial charge in [0.1, 0.15) is 35.3 Å². The van der Waals surface area contributed by atoms with Crippen molar-refractivity contribution >= 4 is 47.1 Å². The molecule has 1 aromatic heterocycles. The van der Waals surface area contributed by atoms with E-state index in [1.807, 2.05) is 0 Å². The summed E-state index contributed by atoms with van der Waals surface area (Å²) in [6.07, 6.45) is 0.177. The van der Waals surface area contributed by atoms with Gasteiger partial charge in [0.15, 0.2) is 0 Å². The maximum Gasteiger partial charge on any atom is 0.323 e. The molecule has 1 aromatic carbocycles. The van der Waals surface area contributed by atoms with E-state index in [4.69, 9.17) is 5.11 Å². The molecule has 0 bridgehead atoms. The highest BCUT2D eigenvalue weighted by molar-refractivity contribution is 6.08. The number of hydrogen-bond donors (Lipinski definition) is 3. The number of carbonyl (C=O) groups is 4. The van der Waals surface area contributed by atoms with Crippen LogP contribution in [0.1, 0.15) is 29.0 Å². The fourth-order valence-electron chi connectivity index (χ4n) is 2.90. The maximum absolute atomic E-state index is 14.3. The number of hydrogen-bond acceptors (Lipinski definition) is 5. The highest BCUT2D eigenvalue weighted by Gasteiger charge is 2.30. The average molecular weight is 399 g/mol. The zero-order valence-electron chi connectivity index (χ0n) is 14.1. The van der Waals surface area contributed by atoms with Gasteiger partial charge in [-0.15, -0.1) is 12.4 Å². The number of carbonyl (C=O) groups excluding carboxylic acids is 3. The Hall–Kier alpha value is -3.01. The van der Waals surface area contributed by atoms with Crippen LogP contribution in [0.15, 0.2) is 12.1 Å². The highest BCUT2D eigenvalue weighted by Crippen LogP contribution is 2.23. The van der Waals surface area contributed by atoms with Crippen LogP contribution in [0.25, 0.3) is 11.0 Å². The number of imidazole rings is 1. The number of piperidine rings is 1. The molecule has 3 amide bonds. The summed E-state index contributed by atoms with van der Waals surface area (Å²) in [5.74, 6) is -3.59. The van der Waals surface area contributed by atoms with E-state index in [2.05, 4.69) is 15.6 Å². The molecule has 144 valence electrons. The number of aromatic nitrogens is 2. The van der Waals surface area contributed by atoms with Gasteiger partial charge in [-0.2, -0.15) is 0 Å². The van der Waals surface area contributed by atoms with Crippen LogP contribution in [0.3, 0.4) is 0 Å². The Morgan fingerprint density at radius 3 is 2.74 bits per heavy atom. The third-order valence-electron chi connectivity index (χ3n) is 4.13. The normalized spacial score (nSPS) is 16.6. The van der Waals surface area contributed by atoms with Gasteiger partial charge in [-0.05, 0) is 25.5 Å². The van der Waals surface area contributed by atoms with Gasteiger partial charge in [-0.1, -0.05) is 0 Å². The molecule has 0 aliphatic carbocycles. The first-order chi connectivity index (χ1) is 12.3. The van der Waals surface area contributed by atoms with Crippen molar-refractivity contribution in [1.82, 2.24) is 20.2 Å². The van der Waals surface area contributed by atoms with E-state index >= 15 is 0 Å². The Balaban J connectivity index is 0.00000261. The predicted molar refractivity (Wildman–Crippen MR) is 92.9 cm³/mol. The second kappa shape index (κ2) is 7.70. The van der Waals surface area contributed by atoms with E-state index in [1.54, 1.807) is 6.92 Å². The molecule has 1 fully saturated rings. The predicted octanol–water partition coefficient (Wildman–Crippen LogP) is 0.525. The van der Waals surface area contributed by atoms with Crippen LogP contribution in [0, 0.1) is 12.7 Å². The zero-order valence-corrected chi connectivity index (χ0v) is 14.9. The summed E-state index contributed by atoms with van der Waals surface area (Å²) in [6, 6.07) is 1.43. The molecule has 3 N–H and O–H groups in total. The molecule has 27 heavy (non-hydrogen) atoms. The number of aliphatic carboxylic acids is 1. The van der Waals surface area contributed by atoms with E-state index in [9.17, 15) is 23.6 Å². The van der Waals surface area contributed by atoms with Crippen LogP contribution in [0.4, 0.5) is 4.39 Å². The smallest absolute Gasteiger partial charge is 0.323 e. The van der Waals surface area contributed by atoms with E-state index < -0.39 is 35.5 Å². The standard InChI is InChI=1S/C16H15FN4O5.ClH/c1-7-18-14-10(21(7)6-12(23)24)4-2-8(17)13(14)16(26)19-9-3-5-11(22)20-15(9)25;/h2,4,9H,3,5-6H2,1H3,(H,19,26)(H,23,24)(H,20,22,25);1H. The number of carboxylic acids is 1. The molecule has 0 spiro atoms. The van der Waals surface area contributed by atoms with E-state index in [-0.39, 0.29) is 42.9 Å². The van der Waals surface area contributed by atoms with Gasteiger partial charge in [-0.3, -0.25) is 24.5 Å². The van der Waals surface area contributed by atoms with Crippen molar-refractivity contribution in [1.29, 1.82) is 0 Å². The van der Waals surface area contributed by atoms with E-state index in [0.717, 1.165) is 6.07 Å². The van der Waals surface area contributed by atoms with Gasteiger partial charge in [0.25, 0.3) is 5.91 Å². The van der Waals surface area contributed by atoms with Gasteiger partial charge in [0, 0.05) is 6.42 Å². The minimum atomic E-state index is -1.11. The number of aryl methyl sites for hydroxylation is 1. The van der Waals surface area contributed by atoms with Gasteiger partial charge >= 0.3 is 5.97 Å². The fourth-order valence-corrected chi connectivity index (χ4v) is 2.90. The molecule has 1 aliphatic heterocycles. The molecular weight excluding hydrogens is 383 g/mol. The summed E-state index contributed by atoms with van der Waals surface area (Å²) >= 11 is 0. The zero-order chi connectivity index (χ0) is 19.0. The van der Waals surface area contributed by atoms with E-state index in [0.29, 0.717) is 11.3 Å². The molecule has 9 nitrogen and oxygen atoms in total. The molecule has 3 rings (SSSR count). The topological polar surface area (TPSA) is 130 Å². The average Bonchev–Trinajstić information content (AvgIpc) is 2.85. The summed E-state index contributed by atoms with van der Waals surface area (Å²) in [4.78, 5) is 50.6. The number of carboxylic acid groups (broad SMARTS) is 1. The van der Waals surface area contributed by atoms with Crippen molar-refractivity contribution in [3.63, 3.8) is 0 Å². The number of amides is 3. The van der Waals surface area contributed by atoms with Gasteiger partial charge in [-0.25, -0.2) is 9.37 Å².